The minimum Gasteiger partial charge on any atom is -0.317 e. The number of para-hydroxylation sites is 1. The molecule has 25 heavy (non-hydrogen) atoms. The van der Waals surface area contributed by atoms with E-state index in [0.717, 1.165) is 5.69 Å². The van der Waals surface area contributed by atoms with Gasteiger partial charge >= 0.3 is 0 Å². The molecule has 4 aromatic carbocycles. The first-order valence-electron chi connectivity index (χ1n) is 8.47. The molecule has 120 valence electrons. The summed E-state index contributed by atoms with van der Waals surface area (Å²) in [6.45, 7) is 0. The van der Waals surface area contributed by atoms with Gasteiger partial charge < -0.3 is 4.90 Å². The maximum absolute atomic E-state index is 2.25. The highest BCUT2D eigenvalue weighted by Crippen LogP contribution is 2.32. The summed E-state index contributed by atoms with van der Waals surface area (Å²) in [6.07, 6.45) is 4.29. The fourth-order valence-electron chi connectivity index (χ4n) is 3.04. The normalized spacial score (nSPS) is 11.0. The number of benzene rings is 4. The van der Waals surface area contributed by atoms with Crippen molar-refractivity contribution in [2.45, 2.75) is 0 Å². The number of hydrogen-bond acceptors (Lipinski definition) is 1. The van der Waals surface area contributed by atoms with E-state index in [0.29, 0.717) is 0 Å². The Balaban J connectivity index is 1.84. The van der Waals surface area contributed by atoms with Crippen LogP contribution in [0, 0.1) is 0 Å². The lowest BCUT2D eigenvalue weighted by molar-refractivity contribution is 1.31. The molecule has 1 nitrogen and oxygen atoms in total. The summed E-state index contributed by atoms with van der Waals surface area (Å²) < 4.78 is 0. The number of fused-ring (bicyclic) bond motifs is 1. The Labute approximate surface area is 148 Å². The highest BCUT2D eigenvalue weighted by molar-refractivity contribution is 5.97. The lowest BCUT2D eigenvalue weighted by Crippen LogP contribution is -2.08. The van der Waals surface area contributed by atoms with Crippen LogP contribution in [0.5, 0.6) is 0 Å². The molecule has 1 heteroatoms. The van der Waals surface area contributed by atoms with Gasteiger partial charge in [-0.25, -0.2) is 0 Å². The van der Waals surface area contributed by atoms with Crippen molar-refractivity contribution in [3.8, 4) is 0 Å². The molecule has 0 unspecified atom stereocenters. The SMILES string of the molecule is C(=CN(c1ccccc1)c1cccc2ccccc12)c1ccccc1. The molecule has 0 fully saturated rings. The largest absolute Gasteiger partial charge is 0.317 e. The molecule has 0 saturated carbocycles. The molecular weight excluding hydrogens is 302 g/mol. The summed E-state index contributed by atoms with van der Waals surface area (Å²) >= 11 is 0. The zero-order chi connectivity index (χ0) is 16.9. The molecule has 0 bridgehead atoms. The molecule has 0 heterocycles. The fraction of sp³-hybridized carbons (Fsp3) is 0. The zero-order valence-electron chi connectivity index (χ0n) is 13.9. The highest BCUT2D eigenvalue weighted by atomic mass is 15.1. The molecule has 4 rings (SSSR count). The first kappa shape index (κ1) is 15.2. The van der Waals surface area contributed by atoms with Gasteiger partial charge in [-0.3, -0.25) is 0 Å². The zero-order valence-corrected chi connectivity index (χ0v) is 13.9. The van der Waals surface area contributed by atoms with Crippen LogP contribution in [0.4, 0.5) is 11.4 Å². The molecule has 0 saturated heterocycles. The lowest BCUT2D eigenvalue weighted by Gasteiger charge is -2.22. The van der Waals surface area contributed by atoms with Crippen molar-refractivity contribution in [2.75, 3.05) is 4.90 Å². The molecule has 0 N–H and O–H groups in total. The molecule has 0 spiro atoms. The smallest absolute Gasteiger partial charge is 0.0533 e. The molecule has 0 aliphatic carbocycles. The van der Waals surface area contributed by atoms with Gasteiger partial charge in [-0.05, 0) is 35.2 Å². The second kappa shape index (κ2) is 7.06. The highest BCUT2D eigenvalue weighted by Gasteiger charge is 2.09. The third-order valence-corrected chi connectivity index (χ3v) is 4.28. The third kappa shape index (κ3) is 3.31. The summed E-state index contributed by atoms with van der Waals surface area (Å²) in [6, 6.07) is 35.8. The van der Waals surface area contributed by atoms with E-state index < -0.39 is 0 Å². The van der Waals surface area contributed by atoms with Gasteiger partial charge in [-0.2, -0.15) is 0 Å². The van der Waals surface area contributed by atoms with Crippen molar-refractivity contribution < 1.29 is 0 Å². The van der Waals surface area contributed by atoms with Crippen LogP contribution in [-0.2, 0) is 0 Å². The van der Waals surface area contributed by atoms with Gasteiger partial charge in [-0.1, -0.05) is 84.9 Å². The van der Waals surface area contributed by atoms with Crippen LogP contribution in [0.2, 0.25) is 0 Å². The fourth-order valence-corrected chi connectivity index (χ4v) is 3.04. The van der Waals surface area contributed by atoms with Gasteiger partial charge in [0.1, 0.15) is 0 Å². The van der Waals surface area contributed by atoms with Gasteiger partial charge in [0.2, 0.25) is 0 Å². The Bertz CT molecular complexity index is 983. The lowest BCUT2D eigenvalue weighted by atomic mass is 10.1. The van der Waals surface area contributed by atoms with Crippen LogP contribution < -0.4 is 4.90 Å². The van der Waals surface area contributed by atoms with Crippen molar-refractivity contribution >= 4 is 28.2 Å². The van der Waals surface area contributed by atoms with Crippen molar-refractivity contribution in [2.24, 2.45) is 0 Å². The first-order valence-corrected chi connectivity index (χ1v) is 8.47. The van der Waals surface area contributed by atoms with Crippen molar-refractivity contribution in [1.82, 2.24) is 0 Å². The van der Waals surface area contributed by atoms with Crippen LogP contribution in [0.15, 0.2) is 109 Å². The van der Waals surface area contributed by atoms with E-state index in [2.05, 4.69) is 108 Å². The van der Waals surface area contributed by atoms with Gasteiger partial charge in [0.15, 0.2) is 0 Å². The predicted octanol–water partition coefficient (Wildman–Crippen LogP) is 6.65. The predicted molar refractivity (Wildman–Crippen MR) is 108 cm³/mol. The van der Waals surface area contributed by atoms with Crippen LogP contribution in [0.25, 0.3) is 16.8 Å². The maximum atomic E-state index is 2.25. The monoisotopic (exact) mass is 321 g/mol. The van der Waals surface area contributed by atoms with Crippen molar-refractivity contribution in [3.05, 3.63) is 115 Å². The Morgan fingerprint density at radius 3 is 2.00 bits per heavy atom. The Morgan fingerprint density at radius 2 is 1.20 bits per heavy atom. The summed E-state index contributed by atoms with van der Waals surface area (Å²) in [5, 5.41) is 2.49. The van der Waals surface area contributed by atoms with Crippen LogP contribution in [0.1, 0.15) is 5.56 Å². The molecule has 0 aliphatic rings. The van der Waals surface area contributed by atoms with Gasteiger partial charge in [0.05, 0.1) is 5.69 Å². The third-order valence-electron chi connectivity index (χ3n) is 4.28. The summed E-state index contributed by atoms with van der Waals surface area (Å²) in [5.41, 5.74) is 3.51. The van der Waals surface area contributed by atoms with Gasteiger partial charge in [0.25, 0.3) is 0 Å². The second-order valence-electron chi connectivity index (χ2n) is 5.93. The van der Waals surface area contributed by atoms with E-state index in [-0.39, 0.29) is 0 Å². The van der Waals surface area contributed by atoms with E-state index in [1.165, 1.54) is 22.0 Å². The number of hydrogen-bond donors (Lipinski definition) is 0. The van der Waals surface area contributed by atoms with E-state index in [4.69, 9.17) is 0 Å². The van der Waals surface area contributed by atoms with Gasteiger partial charge in [0, 0.05) is 17.3 Å². The van der Waals surface area contributed by atoms with E-state index >= 15 is 0 Å². The first-order chi connectivity index (χ1) is 12.4. The topological polar surface area (TPSA) is 3.24 Å². The molecular formula is C24H19N. The average Bonchev–Trinajstić information content (AvgIpc) is 2.70. The molecule has 4 aromatic rings. The van der Waals surface area contributed by atoms with Crippen LogP contribution in [0.3, 0.4) is 0 Å². The van der Waals surface area contributed by atoms with E-state index in [9.17, 15) is 0 Å². The number of nitrogens with zero attached hydrogens (tertiary/aromatic N) is 1. The Kier molecular flexibility index (Phi) is 4.30. The Hall–Kier alpha value is -3.32. The quantitative estimate of drug-likeness (QED) is 0.407. The molecule has 0 aliphatic heterocycles. The minimum atomic E-state index is 1.14. The summed E-state index contributed by atoms with van der Waals surface area (Å²) in [7, 11) is 0. The van der Waals surface area contributed by atoms with Crippen LogP contribution in [-0.4, -0.2) is 0 Å². The molecule has 0 amide bonds. The summed E-state index contributed by atoms with van der Waals surface area (Å²) in [5.74, 6) is 0. The van der Waals surface area contributed by atoms with Crippen molar-refractivity contribution in [3.63, 3.8) is 0 Å². The molecule has 0 atom stereocenters. The minimum absolute atomic E-state index is 1.14. The average molecular weight is 321 g/mol. The standard InChI is InChI=1S/C24H19N/c1-3-10-20(11-4-1)18-19-25(22-14-5-2-6-15-22)24-17-9-13-21-12-7-8-16-23(21)24/h1-19H. The number of rotatable bonds is 4. The maximum Gasteiger partial charge on any atom is 0.0533 e. The van der Waals surface area contributed by atoms with Gasteiger partial charge in [-0.15, -0.1) is 0 Å². The Morgan fingerprint density at radius 1 is 0.560 bits per heavy atom. The molecule has 0 radical (unpaired) electrons. The molecule has 0 aromatic heterocycles. The number of anilines is 2. The van der Waals surface area contributed by atoms with Crippen molar-refractivity contribution in [1.29, 1.82) is 0 Å². The van der Waals surface area contributed by atoms with E-state index in [1.54, 1.807) is 0 Å². The van der Waals surface area contributed by atoms with Crippen LogP contribution >= 0.6 is 0 Å². The van der Waals surface area contributed by atoms with E-state index in [1.807, 2.05) is 12.1 Å². The summed E-state index contributed by atoms with van der Waals surface area (Å²) in [4.78, 5) is 2.25. The second-order valence-corrected chi connectivity index (χ2v) is 5.93.